The van der Waals surface area contributed by atoms with E-state index >= 15 is 0 Å². The molecule has 0 amide bonds. The third-order valence-corrected chi connectivity index (χ3v) is 22.9. The van der Waals surface area contributed by atoms with Crippen molar-refractivity contribution in [3.05, 3.63) is 219 Å². The zero-order chi connectivity index (χ0) is 94.0. The van der Waals surface area contributed by atoms with Crippen LogP contribution < -0.4 is 4.74 Å². The van der Waals surface area contributed by atoms with E-state index in [0.717, 1.165) is 126 Å². The lowest BCUT2D eigenvalue weighted by atomic mass is 9.80. The highest BCUT2D eigenvalue weighted by Gasteiger charge is 2.30. The van der Waals surface area contributed by atoms with Crippen molar-refractivity contribution >= 4 is 45.0 Å². The molecule has 9 aromatic carbocycles. The average Bonchev–Trinajstić information content (AvgIpc) is 1.10. The zero-order valence-corrected chi connectivity index (χ0v) is 80.2. The molecule has 0 aliphatic rings. The van der Waals surface area contributed by atoms with Crippen LogP contribution in [0.15, 0.2) is 164 Å². The number of fused-ring (bicyclic) bond motifs is 3. The van der Waals surface area contributed by atoms with E-state index in [9.17, 15) is 35.1 Å². The molecule has 0 bridgehead atoms. The highest BCUT2D eigenvalue weighted by atomic mass is 16.5. The summed E-state index contributed by atoms with van der Waals surface area (Å²) in [7, 11) is 1.38. The van der Waals surface area contributed by atoms with Gasteiger partial charge in [-0.15, -0.1) is 45.0 Å². The largest absolute Gasteiger partial charge is 0.507 e. The van der Waals surface area contributed by atoms with E-state index in [0.29, 0.717) is 78.3 Å². The van der Waals surface area contributed by atoms with Crippen molar-refractivity contribution < 1.29 is 54.1 Å². The molecule has 0 radical (unpaired) electrons. The predicted molar refractivity (Wildman–Crippen MR) is 520 cm³/mol. The van der Waals surface area contributed by atoms with Gasteiger partial charge in [-0.2, -0.15) is 0 Å². The first kappa shape index (κ1) is 100. The van der Waals surface area contributed by atoms with Gasteiger partial charge in [0.25, 0.3) is 0 Å². The predicted octanol–water partition coefficient (Wildman–Crippen LogP) is 24.0. The van der Waals surface area contributed by atoms with Gasteiger partial charge >= 0.3 is 11.9 Å². The second-order valence-corrected chi connectivity index (χ2v) is 38.3. The van der Waals surface area contributed by atoms with Crippen LogP contribution in [0.1, 0.15) is 268 Å². The molecule has 0 aliphatic carbocycles. The first-order chi connectivity index (χ1) is 61.9. The van der Waals surface area contributed by atoms with Crippen molar-refractivity contribution in [3.63, 3.8) is 0 Å². The number of aryl methyl sites for hydroxylation is 6. The summed E-state index contributed by atoms with van der Waals surface area (Å²) < 4.78 is 21.6. The number of aromatic nitrogens is 12. The molecule has 692 valence electrons. The molecular formula is C107H138N12O11. The van der Waals surface area contributed by atoms with Gasteiger partial charge < -0.3 is 44.5 Å². The third-order valence-electron chi connectivity index (χ3n) is 22.9. The summed E-state index contributed by atoms with van der Waals surface area (Å²) >= 11 is 0. The Labute approximate surface area is 768 Å². The number of hydrogen-bond donors (Lipinski definition) is 5. The number of aliphatic hydroxyl groups excluding tert-OH is 1. The Morgan fingerprint density at radius 1 is 0.385 bits per heavy atom. The number of aliphatic hydroxyl groups is 1. The van der Waals surface area contributed by atoms with E-state index < -0.39 is 6.10 Å². The molecule has 0 saturated carbocycles. The van der Waals surface area contributed by atoms with Crippen LogP contribution in [0.3, 0.4) is 0 Å². The number of phenolic OH excluding ortho intramolecular Hbond substituents is 4. The van der Waals surface area contributed by atoms with Gasteiger partial charge in [-0.3, -0.25) is 9.59 Å². The molecule has 0 aliphatic heterocycles. The fraction of sp³-hybridized carbons (Fsp3) is 0.449. The van der Waals surface area contributed by atoms with Crippen molar-refractivity contribution in [3.8, 4) is 80.0 Å². The second-order valence-electron chi connectivity index (χ2n) is 38.3. The molecule has 130 heavy (non-hydrogen) atoms. The van der Waals surface area contributed by atoms with Gasteiger partial charge in [-0.25, -0.2) is 15.0 Å². The summed E-state index contributed by atoms with van der Waals surface area (Å²) in [6.45, 7) is 39.1. The van der Waals surface area contributed by atoms with Gasteiger partial charge in [0.15, 0.2) is 17.5 Å². The minimum Gasteiger partial charge on any atom is -0.507 e. The zero-order valence-electron chi connectivity index (χ0n) is 80.2. The van der Waals surface area contributed by atoms with Crippen LogP contribution in [0.5, 0.6) is 28.7 Å². The highest BCUT2D eigenvalue weighted by Crippen LogP contribution is 2.42. The van der Waals surface area contributed by atoms with Gasteiger partial charge in [0.2, 0.25) is 0 Å². The van der Waals surface area contributed by atoms with Gasteiger partial charge in [-0.1, -0.05) is 289 Å². The number of aromatic hydroxyl groups is 4. The van der Waals surface area contributed by atoms with E-state index in [1.54, 1.807) is 16.9 Å². The van der Waals surface area contributed by atoms with E-state index in [4.69, 9.17) is 33.9 Å². The smallest absolute Gasteiger partial charge is 0.306 e. The van der Waals surface area contributed by atoms with Crippen molar-refractivity contribution in [1.82, 2.24) is 59.9 Å². The van der Waals surface area contributed by atoms with Gasteiger partial charge in [-0.05, 0) is 170 Å². The third kappa shape index (κ3) is 28.5. The molecule has 0 saturated heterocycles. The molecule has 13 rings (SSSR count). The van der Waals surface area contributed by atoms with E-state index in [1.807, 2.05) is 162 Å². The maximum absolute atomic E-state index is 12.3. The Kier molecular flexibility index (Phi) is 35.9. The Bertz CT molecular complexity index is 5730. The van der Waals surface area contributed by atoms with Gasteiger partial charge in [0, 0.05) is 53.3 Å². The normalized spacial score (nSPS) is 12.0. The Morgan fingerprint density at radius 2 is 0.738 bits per heavy atom. The molecule has 0 spiro atoms. The SMILES string of the molecule is CC(C)(C)c1cc(-n2nc3ccccc3n2)c(O)c(C(C)(C)C)c1.CCCCCCCCCCCCOCC(O)COc1ccc(-c2nc(-c3ccc(C)cc3C)nc(-c3ccc(C)cc3C)n2)c(O)c1.CCCCCCCCOC(=O)CCc1cc(-n2nc3ccccc3n2)c(O)c(C(C)(C)C)c1.COC(=O)CCc1cc(-n2nc3ccccc3n2)c(O)c(C(C)(C)C)c1. The lowest BCUT2D eigenvalue weighted by molar-refractivity contribution is -0.144. The van der Waals surface area contributed by atoms with Gasteiger partial charge in [0.05, 0.1) is 25.9 Å². The number of benzene rings is 9. The lowest BCUT2D eigenvalue weighted by Gasteiger charge is -2.27. The fourth-order valence-corrected chi connectivity index (χ4v) is 15.3. The standard InChI is InChI=1S/C40H53N3O4.C27H37N3O3.C20H23N3O3.C20H25N3O/c1-6-7-8-9-10-11-12-13-14-15-22-46-26-32(44)27-47-33-18-21-36(37(45)25-33)40-42-38(34-19-16-28(2)23-30(34)4)41-39(43-40)35-20-17-29(3)24-31(35)5;1-5-6-7-8-9-12-17-33-25(31)16-15-20-18-21(27(2,3)4)26(32)24(19-20)30-28-22-13-10-11-14-23(22)29-30;1-20(2,3)14-11-13(9-10-18(24)26-4)12-17(19(14)25)23-21-15-7-5-6-8-16(15)22-23;1-19(2,3)13-11-14(20(4,5)6)18(24)17(12-13)23-21-15-9-7-8-10-16(15)22-23/h16-21,23-25,32,44-45H,6-15,22,26-27H2,1-5H3;10-11,13-14,18-19,32H,5-9,12,15-17H2,1-4H3;5-8,11-12,25H,9-10H2,1-4H3;7-12,24H,1-6H3. The number of nitrogens with zero attached hydrogens (tertiary/aromatic N) is 12. The van der Waals surface area contributed by atoms with Crippen molar-refractivity contribution in [1.29, 1.82) is 0 Å². The topological polar surface area (TPSA) is 303 Å². The van der Waals surface area contributed by atoms with Crippen LogP contribution in [0, 0.1) is 27.7 Å². The maximum atomic E-state index is 12.3. The summed E-state index contributed by atoms with van der Waals surface area (Å²) in [5, 5.41) is 81.3. The first-order valence-electron chi connectivity index (χ1n) is 46.3. The van der Waals surface area contributed by atoms with Crippen LogP contribution in [-0.2, 0) is 58.3 Å². The molecular weight excluding hydrogens is 1630 g/mol. The average molecular weight is 1770 g/mol. The number of unbranched alkanes of at least 4 members (excludes halogenated alkanes) is 14. The molecule has 23 heteroatoms. The minimum absolute atomic E-state index is 0.0152. The molecule has 4 heterocycles. The van der Waals surface area contributed by atoms with Crippen LogP contribution in [0.4, 0.5) is 0 Å². The first-order valence-corrected chi connectivity index (χ1v) is 46.3. The van der Waals surface area contributed by atoms with Crippen LogP contribution in [-0.4, -0.2) is 137 Å². The van der Waals surface area contributed by atoms with Crippen LogP contribution in [0.2, 0.25) is 0 Å². The summed E-state index contributed by atoms with van der Waals surface area (Å²) in [6, 6.07) is 52.0. The monoisotopic (exact) mass is 1770 g/mol. The molecule has 4 aromatic heterocycles. The Balaban J connectivity index is 0.000000187. The molecule has 13 aromatic rings. The summed E-state index contributed by atoms with van der Waals surface area (Å²) in [5.41, 5.74) is 17.8. The number of hydrogen-bond acceptors (Lipinski definition) is 20. The lowest BCUT2D eigenvalue weighted by Crippen LogP contribution is -2.23. The summed E-state index contributed by atoms with van der Waals surface area (Å²) in [5.74, 6) is 2.00. The Morgan fingerprint density at radius 3 is 1.11 bits per heavy atom. The fourth-order valence-electron chi connectivity index (χ4n) is 15.3. The highest BCUT2D eigenvalue weighted by molar-refractivity contribution is 5.78. The summed E-state index contributed by atoms with van der Waals surface area (Å²) in [4.78, 5) is 42.7. The molecule has 1 atom stereocenters. The molecule has 1 unspecified atom stereocenters. The number of phenols is 4. The van der Waals surface area contributed by atoms with Crippen LogP contribution >= 0.6 is 0 Å². The minimum atomic E-state index is -0.760. The number of ether oxygens (including phenoxy) is 4. The van der Waals surface area contributed by atoms with Crippen molar-refractivity contribution in [2.45, 2.75) is 281 Å². The number of carbonyl (C=O) groups is 2. The molecule has 5 N–H and O–H groups in total. The number of carbonyl (C=O) groups excluding carboxylic acids is 2. The number of rotatable bonds is 35. The summed E-state index contributed by atoms with van der Waals surface area (Å²) in [6.07, 6.45) is 20.6. The Hall–Kier alpha value is -12.0. The van der Waals surface area contributed by atoms with E-state index in [1.165, 1.54) is 99.8 Å². The van der Waals surface area contributed by atoms with Crippen molar-refractivity contribution in [2.75, 3.05) is 33.5 Å². The quantitative estimate of drug-likeness (QED) is 0.0182. The second kappa shape index (κ2) is 46.5. The van der Waals surface area contributed by atoms with E-state index in [2.05, 4.69) is 139 Å². The van der Waals surface area contributed by atoms with Crippen LogP contribution in [0.25, 0.3) is 84.3 Å². The van der Waals surface area contributed by atoms with E-state index in [-0.39, 0.29) is 76.2 Å². The van der Waals surface area contributed by atoms with Crippen molar-refractivity contribution in [2.24, 2.45) is 0 Å². The molecule has 23 nitrogen and oxygen atoms in total. The number of esters is 2. The molecule has 0 fully saturated rings. The van der Waals surface area contributed by atoms with Gasteiger partial charge in [0.1, 0.15) is 91.6 Å². The maximum Gasteiger partial charge on any atom is 0.306 e. The number of methoxy groups -OCH3 is 1.